The van der Waals surface area contributed by atoms with Crippen LogP contribution in [0.25, 0.3) is 11.8 Å². The van der Waals surface area contributed by atoms with Crippen molar-refractivity contribution in [1.29, 1.82) is 0 Å². The summed E-state index contributed by atoms with van der Waals surface area (Å²) in [6.07, 6.45) is 3.68. The van der Waals surface area contributed by atoms with E-state index in [0.717, 1.165) is 11.4 Å². The van der Waals surface area contributed by atoms with Gasteiger partial charge in [0.1, 0.15) is 0 Å². The Morgan fingerprint density at radius 3 is 2.23 bits per heavy atom. The van der Waals surface area contributed by atoms with Gasteiger partial charge in [0.05, 0.1) is 5.69 Å². The second-order valence-electron chi connectivity index (χ2n) is 5.13. The largest absolute Gasteiger partial charge is 0.362 e. The van der Waals surface area contributed by atoms with E-state index in [1.807, 2.05) is 48.7 Å². The summed E-state index contributed by atoms with van der Waals surface area (Å²) in [5, 5.41) is 15.0. The first kappa shape index (κ1) is 14.0. The maximum Gasteiger partial charge on any atom is 0.181 e. The lowest BCUT2D eigenvalue weighted by molar-refractivity contribution is 0.786. The van der Waals surface area contributed by atoms with Crippen LogP contribution in [-0.4, -0.2) is 20.2 Å². The molecule has 1 aromatic heterocycles. The first-order valence-electron chi connectivity index (χ1n) is 7.07. The first-order chi connectivity index (χ1) is 10.7. The molecule has 0 radical (unpaired) electrons. The lowest BCUT2D eigenvalue weighted by atomic mass is 10.2. The number of nitrogens with one attached hydrogen (secondary N) is 1. The molecule has 0 bridgehead atoms. The molecular weight excluding hydrogens is 274 g/mol. The van der Waals surface area contributed by atoms with Gasteiger partial charge in [0.15, 0.2) is 5.82 Å². The molecule has 0 unspecified atom stereocenters. The molecule has 5 heteroatoms. The Bertz CT molecular complexity index is 770. The highest BCUT2D eigenvalue weighted by Gasteiger charge is 2.04. The van der Waals surface area contributed by atoms with Crippen molar-refractivity contribution in [2.45, 2.75) is 13.8 Å². The number of anilines is 1. The fourth-order valence-electron chi connectivity index (χ4n) is 2.03. The van der Waals surface area contributed by atoms with Crippen LogP contribution < -0.4 is 5.32 Å². The second-order valence-corrected chi connectivity index (χ2v) is 5.13. The molecule has 3 aromatic rings. The number of nitrogens with zero attached hydrogens (tertiary/aromatic N) is 4. The number of aromatic nitrogens is 4. The van der Waals surface area contributed by atoms with Gasteiger partial charge in [-0.3, -0.25) is 0 Å². The van der Waals surface area contributed by atoms with Crippen LogP contribution in [0, 0.1) is 13.8 Å². The van der Waals surface area contributed by atoms with E-state index >= 15 is 0 Å². The summed E-state index contributed by atoms with van der Waals surface area (Å²) in [7, 11) is 0. The number of hydrogen-bond donors (Lipinski definition) is 1. The third kappa shape index (κ3) is 3.20. The van der Waals surface area contributed by atoms with E-state index in [9.17, 15) is 0 Å². The second kappa shape index (κ2) is 6.22. The monoisotopic (exact) mass is 291 g/mol. The summed E-state index contributed by atoms with van der Waals surface area (Å²) in [5.74, 6) is 0.670. The quantitative estimate of drug-likeness (QED) is 0.801. The van der Waals surface area contributed by atoms with Crippen molar-refractivity contribution in [3.05, 3.63) is 71.7 Å². The molecule has 0 atom stereocenters. The predicted octanol–water partition coefficient (Wildman–Crippen LogP) is 3.36. The molecule has 0 fully saturated rings. The van der Waals surface area contributed by atoms with E-state index in [1.54, 1.807) is 4.68 Å². The van der Waals surface area contributed by atoms with Crippen molar-refractivity contribution in [2.24, 2.45) is 0 Å². The fourth-order valence-corrected chi connectivity index (χ4v) is 2.03. The lowest BCUT2D eigenvalue weighted by Gasteiger charge is -2.03. The van der Waals surface area contributed by atoms with Crippen LogP contribution in [-0.2, 0) is 0 Å². The summed E-state index contributed by atoms with van der Waals surface area (Å²) in [6, 6.07) is 16.3. The number of benzene rings is 2. The average molecular weight is 291 g/mol. The molecule has 0 amide bonds. The lowest BCUT2D eigenvalue weighted by Crippen LogP contribution is -2.00. The minimum Gasteiger partial charge on any atom is -0.362 e. The first-order valence-corrected chi connectivity index (χ1v) is 7.07. The van der Waals surface area contributed by atoms with Crippen LogP contribution in [0.15, 0.2) is 54.7 Å². The summed E-state index contributed by atoms with van der Waals surface area (Å²) in [4.78, 5) is 0. The Balaban J connectivity index is 1.76. The molecule has 0 saturated carbocycles. The Kier molecular flexibility index (Phi) is 3.96. The van der Waals surface area contributed by atoms with E-state index in [4.69, 9.17) is 0 Å². The van der Waals surface area contributed by atoms with Gasteiger partial charge in [-0.1, -0.05) is 35.4 Å². The minimum atomic E-state index is 0.670. The van der Waals surface area contributed by atoms with Gasteiger partial charge in [0.2, 0.25) is 0 Å². The van der Waals surface area contributed by atoms with Crippen LogP contribution in [0.5, 0.6) is 0 Å². The number of hydrogen-bond acceptors (Lipinski definition) is 4. The standard InChI is InChI=1S/C17H17N5/c1-13-3-7-15(8-4-13)18-12-11-17-19-20-21-22(17)16-9-5-14(2)6-10-16/h3-12,18H,1-2H3/b12-11-. The zero-order valence-corrected chi connectivity index (χ0v) is 12.6. The Hall–Kier alpha value is -2.95. The molecule has 2 aromatic carbocycles. The summed E-state index contributed by atoms with van der Waals surface area (Å²) >= 11 is 0. The van der Waals surface area contributed by atoms with Crippen LogP contribution in [0.3, 0.4) is 0 Å². The topological polar surface area (TPSA) is 55.6 Å². The molecule has 0 aliphatic carbocycles. The maximum absolute atomic E-state index is 4.04. The number of aryl methyl sites for hydroxylation is 2. The van der Waals surface area contributed by atoms with Crippen LogP contribution in [0.2, 0.25) is 0 Å². The van der Waals surface area contributed by atoms with Gasteiger partial charge >= 0.3 is 0 Å². The predicted molar refractivity (Wildman–Crippen MR) is 87.7 cm³/mol. The van der Waals surface area contributed by atoms with E-state index in [0.29, 0.717) is 5.82 Å². The van der Waals surface area contributed by atoms with Gasteiger partial charge in [-0.25, -0.2) is 0 Å². The molecule has 1 heterocycles. The van der Waals surface area contributed by atoms with Crippen molar-refractivity contribution >= 4 is 11.8 Å². The van der Waals surface area contributed by atoms with Crippen LogP contribution >= 0.6 is 0 Å². The Labute approximate surface area is 129 Å². The molecular formula is C17H17N5. The molecule has 1 N–H and O–H groups in total. The molecule has 3 rings (SSSR count). The van der Waals surface area contributed by atoms with E-state index in [2.05, 4.69) is 46.8 Å². The SMILES string of the molecule is Cc1ccc(N/C=C\c2nnnn2-c2ccc(C)cc2)cc1. The third-order valence-electron chi connectivity index (χ3n) is 3.31. The molecule has 0 aliphatic rings. The molecule has 22 heavy (non-hydrogen) atoms. The third-order valence-corrected chi connectivity index (χ3v) is 3.31. The van der Waals surface area contributed by atoms with Crippen molar-refractivity contribution in [3.8, 4) is 5.69 Å². The summed E-state index contributed by atoms with van der Waals surface area (Å²) < 4.78 is 1.70. The zero-order valence-electron chi connectivity index (χ0n) is 12.6. The fraction of sp³-hybridized carbons (Fsp3) is 0.118. The van der Waals surface area contributed by atoms with Crippen molar-refractivity contribution in [1.82, 2.24) is 20.2 Å². The van der Waals surface area contributed by atoms with Crippen LogP contribution in [0.1, 0.15) is 17.0 Å². The smallest absolute Gasteiger partial charge is 0.181 e. The van der Waals surface area contributed by atoms with Gasteiger partial charge in [-0.2, -0.15) is 4.68 Å². The van der Waals surface area contributed by atoms with Gasteiger partial charge < -0.3 is 5.32 Å². The highest BCUT2D eigenvalue weighted by molar-refractivity contribution is 5.53. The average Bonchev–Trinajstić information content (AvgIpc) is 2.98. The molecule has 5 nitrogen and oxygen atoms in total. The Morgan fingerprint density at radius 2 is 1.55 bits per heavy atom. The minimum absolute atomic E-state index is 0.670. The zero-order chi connectivity index (χ0) is 15.4. The van der Waals surface area contributed by atoms with Crippen molar-refractivity contribution < 1.29 is 0 Å². The molecule has 0 aliphatic heterocycles. The van der Waals surface area contributed by atoms with Gasteiger partial charge in [0, 0.05) is 18.0 Å². The highest BCUT2D eigenvalue weighted by Crippen LogP contribution is 2.11. The van der Waals surface area contributed by atoms with Crippen LogP contribution in [0.4, 0.5) is 5.69 Å². The molecule has 0 spiro atoms. The van der Waals surface area contributed by atoms with Gasteiger partial charge in [0.25, 0.3) is 0 Å². The summed E-state index contributed by atoms with van der Waals surface area (Å²) in [6.45, 7) is 4.12. The number of tetrazole rings is 1. The van der Waals surface area contributed by atoms with E-state index < -0.39 is 0 Å². The number of rotatable bonds is 4. The summed E-state index contributed by atoms with van der Waals surface area (Å²) in [5.41, 5.74) is 4.40. The molecule has 0 saturated heterocycles. The van der Waals surface area contributed by atoms with Crippen molar-refractivity contribution in [3.63, 3.8) is 0 Å². The maximum atomic E-state index is 4.04. The molecule has 110 valence electrons. The normalized spacial score (nSPS) is 11.0. The van der Waals surface area contributed by atoms with Crippen molar-refractivity contribution in [2.75, 3.05) is 5.32 Å². The Morgan fingerprint density at radius 1 is 0.909 bits per heavy atom. The van der Waals surface area contributed by atoms with Gasteiger partial charge in [-0.15, -0.1) is 5.10 Å². The highest BCUT2D eigenvalue weighted by atomic mass is 15.5. The van der Waals surface area contributed by atoms with E-state index in [1.165, 1.54) is 11.1 Å². The van der Waals surface area contributed by atoms with Gasteiger partial charge in [-0.05, 0) is 48.5 Å². The van der Waals surface area contributed by atoms with E-state index in [-0.39, 0.29) is 0 Å².